The summed E-state index contributed by atoms with van der Waals surface area (Å²) in [5, 5.41) is 4.18. The van der Waals surface area contributed by atoms with Gasteiger partial charge in [-0.3, -0.25) is 9.79 Å². The quantitative estimate of drug-likeness (QED) is 0.209. The second kappa shape index (κ2) is 10.3. The molecule has 0 spiro atoms. The third-order valence-electron chi connectivity index (χ3n) is 4.94. The van der Waals surface area contributed by atoms with Crippen LogP contribution in [0.3, 0.4) is 0 Å². The highest BCUT2D eigenvalue weighted by atomic mass is 35.5. The lowest BCUT2D eigenvalue weighted by Gasteiger charge is -2.12. The first kappa shape index (κ1) is 23.8. The van der Waals surface area contributed by atoms with Crippen LogP contribution in [0.15, 0.2) is 57.9 Å². The van der Waals surface area contributed by atoms with E-state index in [1.807, 2.05) is 38.1 Å². The van der Waals surface area contributed by atoms with E-state index < -0.39 is 0 Å². The first-order valence-electron chi connectivity index (χ1n) is 10.2. The van der Waals surface area contributed by atoms with Gasteiger partial charge >= 0.3 is 0 Å². The maximum atomic E-state index is 12.5. The van der Waals surface area contributed by atoms with Crippen LogP contribution >= 0.6 is 46.3 Å². The van der Waals surface area contributed by atoms with Crippen molar-refractivity contribution >= 4 is 80.0 Å². The van der Waals surface area contributed by atoms with E-state index in [1.165, 1.54) is 17.3 Å². The molecule has 4 rings (SSSR count). The maximum Gasteiger partial charge on any atom is 0.234 e. The molecule has 0 aliphatic heterocycles. The number of hydrogen-bond acceptors (Lipinski definition) is 5. The van der Waals surface area contributed by atoms with Gasteiger partial charge in [-0.1, -0.05) is 58.7 Å². The summed E-state index contributed by atoms with van der Waals surface area (Å²) in [6.07, 6.45) is 1.72. The van der Waals surface area contributed by atoms with E-state index in [9.17, 15) is 4.79 Å². The van der Waals surface area contributed by atoms with E-state index in [1.54, 1.807) is 29.7 Å². The number of thiazole rings is 1. The molecule has 1 heterocycles. The minimum absolute atomic E-state index is 0.0422. The number of nitrogens with zero attached hydrogens (tertiary/aromatic N) is 2. The Morgan fingerprint density at radius 1 is 1.09 bits per heavy atom. The molecule has 0 aliphatic rings. The predicted octanol–water partition coefficient (Wildman–Crippen LogP) is 8.01. The molecule has 8 heteroatoms. The van der Waals surface area contributed by atoms with Crippen molar-refractivity contribution in [3.63, 3.8) is 0 Å². The number of aromatic nitrogens is 1. The van der Waals surface area contributed by atoms with Crippen molar-refractivity contribution < 1.29 is 4.79 Å². The van der Waals surface area contributed by atoms with Gasteiger partial charge < -0.3 is 5.32 Å². The molecule has 0 fully saturated rings. The van der Waals surface area contributed by atoms with Gasteiger partial charge in [0.05, 0.1) is 26.7 Å². The summed E-state index contributed by atoms with van der Waals surface area (Å²) in [7, 11) is 0. The number of aliphatic imine (C=N–C) groups is 1. The first-order chi connectivity index (χ1) is 15.8. The van der Waals surface area contributed by atoms with Gasteiger partial charge in [-0.05, 0) is 62.2 Å². The normalized spacial score (nSPS) is 11.4. The lowest BCUT2D eigenvalue weighted by molar-refractivity contribution is -0.113. The Morgan fingerprint density at radius 3 is 2.58 bits per heavy atom. The zero-order valence-electron chi connectivity index (χ0n) is 18.3. The minimum Gasteiger partial charge on any atom is -0.325 e. The lowest BCUT2D eigenvalue weighted by Crippen LogP contribution is -2.15. The van der Waals surface area contributed by atoms with Gasteiger partial charge in [0.1, 0.15) is 0 Å². The number of fused-ring (bicyclic) bond motifs is 1. The predicted molar refractivity (Wildman–Crippen MR) is 143 cm³/mol. The van der Waals surface area contributed by atoms with E-state index in [0.717, 1.165) is 42.6 Å². The Bertz CT molecular complexity index is 1360. The lowest BCUT2D eigenvalue weighted by atomic mass is 10.1. The van der Waals surface area contributed by atoms with Crippen molar-refractivity contribution in [1.82, 2.24) is 4.98 Å². The molecule has 1 aromatic heterocycles. The van der Waals surface area contributed by atoms with Crippen molar-refractivity contribution in [3.8, 4) is 0 Å². The van der Waals surface area contributed by atoms with E-state index in [4.69, 9.17) is 23.2 Å². The van der Waals surface area contributed by atoms with Crippen LogP contribution in [0.2, 0.25) is 10.0 Å². The Hall–Kier alpha value is -2.38. The number of amides is 1. The molecule has 33 heavy (non-hydrogen) atoms. The van der Waals surface area contributed by atoms with Crippen LogP contribution in [-0.4, -0.2) is 22.9 Å². The summed E-state index contributed by atoms with van der Waals surface area (Å²) >= 11 is 15.1. The van der Waals surface area contributed by atoms with Crippen LogP contribution in [0.5, 0.6) is 0 Å². The van der Waals surface area contributed by atoms with Gasteiger partial charge in [-0.25, -0.2) is 4.98 Å². The smallest absolute Gasteiger partial charge is 0.234 e. The first-order valence-corrected chi connectivity index (χ1v) is 12.7. The molecule has 0 aliphatic carbocycles. The number of carbonyl (C=O) groups is 1. The van der Waals surface area contributed by atoms with Crippen LogP contribution in [-0.2, 0) is 4.79 Å². The third kappa shape index (κ3) is 5.95. The fourth-order valence-corrected chi connectivity index (χ4v) is 5.82. The average molecular weight is 515 g/mol. The average Bonchev–Trinajstić information content (AvgIpc) is 3.16. The monoisotopic (exact) mass is 513 g/mol. The van der Waals surface area contributed by atoms with Gasteiger partial charge in [-0.15, -0.1) is 11.3 Å². The Kier molecular flexibility index (Phi) is 7.39. The van der Waals surface area contributed by atoms with Crippen molar-refractivity contribution in [2.75, 3.05) is 11.1 Å². The molecule has 3 aromatic carbocycles. The number of hydrogen-bond donors (Lipinski definition) is 1. The Morgan fingerprint density at radius 2 is 1.85 bits per heavy atom. The van der Waals surface area contributed by atoms with E-state index >= 15 is 0 Å². The molecule has 0 unspecified atom stereocenters. The molecule has 4 aromatic rings. The van der Waals surface area contributed by atoms with E-state index in [0.29, 0.717) is 15.8 Å². The summed E-state index contributed by atoms with van der Waals surface area (Å²) in [5.41, 5.74) is 6.70. The van der Waals surface area contributed by atoms with Gasteiger partial charge in [0, 0.05) is 22.5 Å². The molecule has 0 atom stereocenters. The number of carbonyl (C=O) groups excluding carboxylic acids is 1. The van der Waals surface area contributed by atoms with Gasteiger partial charge in [0.25, 0.3) is 0 Å². The van der Waals surface area contributed by atoms with E-state index in [-0.39, 0.29) is 5.91 Å². The number of thioether (sulfide) groups is 1. The van der Waals surface area contributed by atoms with Gasteiger partial charge in [0.15, 0.2) is 4.34 Å². The third-order valence-corrected chi connectivity index (χ3v) is 7.66. The second-order valence-electron chi connectivity index (χ2n) is 7.67. The largest absolute Gasteiger partial charge is 0.325 e. The highest BCUT2D eigenvalue weighted by Crippen LogP contribution is 2.32. The van der Waals surface area contributed by atoms with Crippen molar-refractivity contribution in [2.45, 2.75) is 25.1 Å². The zero-order chi connectivity index (χ0) is 23.5. The topological polar surface area (TPSA) is 54.4 Å². The number of halogens is 2. The molecular formula is C25H21Cl2N3OS2. The highest BCUT2D eigenvalue weighted by Gasteiger charge is 2.11. The molecule has 0 saturated heterocycles. The van der Waals surface area contributed by atoms with Crippen molar-refractivity contribution in [1.29, 1.82) is 0 Å². The number of rotatable bonds is 6. The fraction of sp³-hybridized carbons (Fsp3) is 0.160. The van der Waals surface area contributed by atoms with Crippen LogP contribution in [0.4, 0.5) is 11.4 Å². The molecule has 0 saturated carbocycles. The summed E-state index contributed by atoms with van der Waals surface area (Å²) in [4.78, 5) is 21.7. The summed E-state index contributed by atoms with van der Waals surface area (Å²) in [6.45, 7) is 6.08. The van der Waals surface area contributed by atoms with Gasteiger partial charge in [-0.2, -0.15) is 0 Å². The van der Waals surface area contributed by atoms with Crippen LogP contribution in [0.1, 0.15) is 22.3 Å². The molecule has 4 nitrogen and oxygen atoms in total. The number of benzene rings is 3. The van der Waals surface area contributed by atoms with Crippen LogP contribution in [0.25, 0.3) is 10.2 Å². The summed E-state index contributed by atoms with van der Waals surface area (Å²) in [6, 6.07) is 15.3. The maximum absolute atomic E-state index is 12.5. The Balaban J connectivity index is 1.42. The summed E-state index contributed by atoms with van der Waals surface area (Å²) in [5.74, 6) is 0.256. The van der Waals surface area contributed by atoms with Gasteiger partial charge in [0.2, 0.25) is 5.91 Å². The highest BCUT2D eigenvalue weighted by molar-refractivity contribution is 8.01. The molecule has 0 bridgehead atoms. The standard InChI is InChI=1S/C25H21Cl2N3OS2/c1-14-8-15(2)24(16(3)9-14)30-23(31)13-32-25-29-21-7-6-19(11-22(21)33-25)28-12-17-4-5-18(26)10-20(17)27/h4-12H,13H2,1-3H3,(H,30,31). The molecule has 168 valence electrons. The van der Waals surface area contributed by atoms with Crippen LogP contribution in [0, 0.1) is 20.8 Å². The van der Waals surface area contributed by atoms with Crippen molar-refractivity contribution in [3.05, 3.63) is 80.8 Å². The van der Waals surface area contributed by atoms with E-state index in [2.05, 4.69) is 34.3 Å². The molecule has 1 N–H and O–H groups in total. The molecule has 1 amide bonds. The number of aryl methyl sites for hydroxylation is 3. The van der Waals surface area contributed by atoms with Crippen LogP contribution < -0.4 is 5.32 Å². The van der Waals surface area contributed by atoms with Crippen molar-refractivity contribution in [2.24, 2.45) is 4.99 Å². The minimum atomic E-state index is -0.0422. The zero-order valence-corrected chi connectivity index (χ0v) is 21.4. The molecule has 0 radical (unpaired) electrons. The SMILES string of the molecule is Cc1cc(C)c(NC(=O)CSc2nc3ccc(N=Cc4ccc(Cl)cc4Cl)cc3s2)c(C)c1. The number of nitrogens with one attached hydrogen (secondary N) is 1. The Labute approximate surface area is 211 Å². The molecular weight excluding hydrogens is 493 g/mol. The summed E-state index contributed by atoms with van der Waals surface area (Å²) < 4.78 is 1.86. The second-order valence-corrected chi connectivity index (χ2v) is 10.8. The number of anilines is 1. The fourth-order valence-electron chi connectivity index (χ4n) is 3.46.